The molecule has 0 radical (unpaired) electrons. The summed E-state index contributed by atoms with van der Waals surface area (Å²) in [4.78, 5) is 25.8. The lowest BCUT2D eigenvalue weighted by molar-refractivity contribution is -0.144. The van der Waals surface area contributed by atoms with Gasteiger partial charge in [0.15, 0.2) is 6.61 Å². The molecule has 1 aromatic heterocycles. The first-order chi connectivity index (χ1) is 8.58. The summed E-state index contributed by atoms with van der Waals surface area (Å²) < 4.78 is 5.16. The second-order valence-electron chi connectivity index (χ2n) is 3.78. The number of nitrogens with one attached hydrogen (secondary N) is 2. The number of carbonyl (C=O) groups excluding carboxylic acids is 1. The number of carboxylic acids is 1. The zero-order valence-electron chi connectivity index (χ0n) is 10.0. The van der Waals surface area contributed by atoms with Crippen molar-refractivity contribution < 1.29 is 24.0 Å². The summed E-state index contributed by atoms with van der Waals surface area (Å²) in [6.07, 6.45) is 3.02. The standard InChI is InChI=1S/C11H16N2O5/c1-8(4-5-9-3-2-6-17-9)12-11(16)13-18-7-10(14)15/h2-3,6,8H,4-5,7H2,1H3,(H,14,15)(H2,12,13,16). The summed E-state index contributed by atoms with van der Waals surface area (Å²) in [5.41, 5.74) is 1.98. The number of rotatable bonds is 7. The molecule has 0 spiro atoms. The van der Waals surface area contributed by atoms with Crippen molar-refractivity contribution >= 4 is 12.0 Å². The molecular weight excluding hydrogens is 240 g/mol. The van der Waals surface area contributed by atoms with Gasteiger partial charge >= 0.3 is 12.0 Å². The van der Waals surface area contributed by atoms with Crippen LogP contribution in [0.4, 0.5) is 4.79 Å². The number of hydrogen-bond acceptors (Lipinski definition) is 4. The molecule has 0 saturated carbocycles. The maximum Gasteiger partial charge on any atom is 0.338 e. The van der Waals surface area contributed by atoms with Crippen molar-refractivity contribution in [1.82, 2.24) is 10.8 Å². The van der Waals surface area contributed by atoms with Gasteiger partial charge in [0.05, 0.1) is 6.26 Å². The molecule has 0 saturated heterocycles. The van der Waals surface area contributed by atoms with Crippen molar-refractivity contribution in [2.45, 2.75) is 25.8 Å². The first kappa shape index (κ1) is 14.0. The molecule has 1 heterocycles. The van der Waals surface area contributed by atoms with Crippen LogP contribution in [-0.4, -0.2) is 29.8 Å². The van der Waals surface area contributed by atoms with Crippen LogP contribution in [-0.2, 0) is 16.1 Å². The third kappa shape index (κ3) is 5.90. The van der Waals surface area contributed by atoms with Gasteiger partial charge in [-0.25, -0.2) is 15.1 Å². The highest BCUT2D eigenvalue weighted by atomic mass is 16.7. The van der Waals surface area contributed by atoms with Crippen LogP contribution >= 0.6 is 0 Å². The largest absolute Gasteiger partial charge is 0.479 e. The molecule has 7 heteroatoms. The number of hydroxylamine groups is 1. The van der Waals surface area contributed by atoms with Gasteiger partial charge in [-0.15, -0.1) is 0 Å². The predicted molar refractivity (Wildman–Crippen MR) is 61.7 cm³/mol. The van der Waals surface area contributed by atoms with Crippen LogP contribution in [0.5, 0.6) is 0 Å². The van der Waals surface area contributed by atoms with E-state index in [4.69, 9.17) is 9.52 Å². The average molecular weight is 256 g/mol. The van der Waals surface area contributed by atoms with E-state index >= 15 is 0 Å². The number of carbonyl (C=O) groups is 2. The zero-order valence-corrected chi connectivity index (χ0v) is 10.0. The smallest absolute Gasteiger partial charge is 0.338 e. The minimum Gasteiger partial charge on any atom is -0.479 e. The molecule has 1 unspecified atom stereocenters. The molecule has 18 heavy (non-hydrogen) atoms. The molecule has 0 aromatic carbocycles. The third-order valence-electron chi connectivity index (χ3n) is 2.14. The molecule has 7 nitrogen and oxygen atoms in total. The zero-order chi connectivity index (χ0) is 13.4. The summed E-state index contributed by atoms with van der Waals surface area (Å²) in [6, 6.07) is 3.02. The first-order valence-corrected chi connectivity index (χ1v) is 5.50. The number of urea groups is 1. The van der Waals surface area contributed by atoms with Crippen LogP contribution in [0.2, 0.25) is 0 Å². The monoisotopic (exact) mass is 256 g/mol. The van der Waals surface area contributed by atoms with E-state index < -0.39 is 18.6 Å². The Labute approximate surface area is 104 Å². The van der Waals surface area contributed by atoms with E-state index in [0.29, 0.717) is 12.8 Å². The van der Waals surface area contributed by atoms with Crippen molar-refractivity contribution in [3.8, 4) is 0 Å². The SMILES string of the molecule is CC(CCc1ccco1)NC(=O)NOCC(=O)O. The van der Waals surface area contributed by atoms with Crippen molar-refractivity contribution in [1.29, 1.82) is 0 Å². The van der Waals surface area contributed by atoms with E-state index in [-0.39, 0.29) is 6.04 Å². The Morgan fingerprint density at radius 2 is 2.33 bits per heavy atom. The second-order valence-corrected chi connectivity index (χ2v) is 3.78. The molecule has 0 fully saturated rings. The van der Waals surface area contributed by atoms with E-state index in [2.05, 4.69) is 10.2 Å². The maximum atomic E-state index is 11.2. The van der Waals surface area contributed by atoms with Crippen LogP contribution in [0, 0.1) is 0 Å². The summed E-state index contributed by atoms with van der Waals surface area (Å²) in [5.74, 6) is -0.299. The van der Waals surface area contributed by atoms with Gasteiger partial charge in [0, 0.05) is 12.5 Å². The molecule has 3 N–H and O–H groups in total. The number of aryl methyl sites for hydroxylation is 1. The Kier molecular flexibility index (Phi) is 5.72. The number of carboxylic acid groups (broad SMARTS) is 1. The fraction of sp³-hybridized carbons (Fsp3) is 0.455. The lowest BCUT2D eigenvalue weighted by Gasteiger charge is -2.13. The Morgan fingerprint density at radius 1 is 1.56 bits per heavy atom. The van der Waals surface area contributed by atoms with Gasteiger partial charge < -0.3 is 14.8 Å². The predicted octanol–water partition coefficient (Wildman–Crippen LogP) is 0.916. The minimum atomic E-state index is -1.15. The summed E-state index contributed by atoms with van der Waals surface area (Å²) in [6.45, 7) is 1.26. The van der Waals surface area contributed by atoms with Gasteiger partial charge in [0.2, 0.25) is 0 Å². The fourth-order valence-corrected chi connectivity index (χ4v) is 1.30. The van der Waals surface area contributed by atoms with Crippen molar-refractivity contribution in [2.75, 3.05) is 6.61 Å². The molecule has 2 amide bonds. The lowest BCUT2D eigenvalue weighted by atomic mass is 10.1. The fourth-order valence-electron chi connectivity index (χ4n) is 1.30. The van der Waals surface area contributed by atoms with Crippen molar-refractivity contribution in [2.24, 2.45) is 0 Å². The summed E-state index contributed by atoms with van der Waals surface area (Å²) in [7, 11) is 0. The number of hydrogen-bond donors (Lipinski definition) is 3. The Balaban J connectivity index is 2.13. The van der Waals surface area contributed by atoms with Crippen molar-refractivity contribution in [3.05, 3.63) is 24.2 Å². The van der Waals surface area contributed by atoms with Gasteiger partial charge in [-0.3, -0.25) is 4.84 Å². The molecular formula is C11H16N2O5. The maximum absolute atomic E-state index is 11.2. The van der Waals surface area contributed by atoms with Crippen LogP contribution in [0.15, 0.2) is 22.8 Å². The minimum absolute atomic E-state index is 0.0801. The molecule has 0 aliphatic carbocycles. The van der Waals surface area contributed by atoms with E-state index in [0.717, 1.165) is 5.76 Å². The highest BCUT2D eigenvalue weighted by Crippen LogP contribution is 2.05. The molecule has 100 valence electrons. The number of amides is 2. The molecule has 1 atom stereocenters. The van der Waals surface area contributed by atoms with Gasteiger partial charge in [0.1, 0.15) is 5.76 Å². The van der Waals surface area contributed by atoms with E-state index in [1.54, 1.807) is 12.3 Å². The molecule has 1 aromatic rings. The highest BCUT2D eigenvalue weighted by Gasteiger charge is 2.08. The van der Waals surface area contributed by atoms with E-state index in [1.807, 2.05) is 18.5 Å². The van der Waals surface area contributed by atoms with Gasteiger partial charge in [-0.1, -0.05) is 0 Å². The van der Waals surface area contributed by atoms with Crippen LogP contribution < -0.4 is 10.8 Å². The normalized spacial score (nSPS) is 11.8. The molecule has 1 rings (SSSR count). The summed E-state index contributed by atoms with van der Waals surface area (Å²) in [5, 5.41) is 10.9. The second kappa shape index (κ2) is 7.33. The van der Waals surface area contributed by atoms with Gasteiger partial charge in [-0.2, -0.15) is 0 Å². The number of aliphatic carboxylic acids is 1. The van der Waals surface area contributed by atoms with Crippen LogP contribution in [0.1, 0.15) is 19.1 Å². The average Bonchev–Trinajstić information content (AvgIpc) is 2.78. The molecule has 0 bridgehead atoms. The Hall–Kier alpha value is -2.02. The molecule has 0 aliphatic heterocycles. The van der Waals surface area contributed by atoms with Gasteiger partial charge in [0.25, 0.3) is 0 Å². The van der Waals surface area contributed by atoms with E-state index in [9.17, 15) is 9.59 Å². The first-order valence-electron chi connectivity index (χ1n) is 5.50. The van der Waals surface area contributed by atoms with E-state index in [1.165, 1.54) is 0 Å². The third-order valence-corrected chi connectivity index (χ3v) is 2.14. The quantitative estimate of drug-likeness (QED) is 0.630. The van der Waals surface area contributed by atoms with Crippen molar-refractivity contribution in [3.63, 3.8) is 0 Å². The topological polar surface area (TPSA) is 101 Å². The Morgan fingerprint density at radius 3 is 2.94 bits per heavy atom. The number of furan rings is 1. The van der Waals surface area contributed by atoms with Crippen LogP contribution in [0.25, 0.3) is 0 Å². The highest BCUT2D eigenvalue weighted by molar-refractivity contribution is 5.73. The summed E-state index contributed by atoms with van der Waals surface area (Å²) >= 11 is 0. The lowest BCUT2D eigenvalue weighted by Crippen LogP contribution is -2.41. The van der Waals surface area contributed by atoms with Crippen LogP contribution in [0.3, 0.4) is 0 Å². The van der Waals surface area contributed by atoms with Gasteiger partial charge in [-0.05, 0) is 25.5 Å². The molecule has 0 aliphatic rings. The Bertz CT molecular complexity index is 377.